The van der Waals surface area contributed by atoms with Crippen LogP contribution in [0.1, 0.15) is 68.8 Å². The lowest BCUT2D eigenvalue weighted by atomic mass is 9.87. The number of ether oxygens (including phenoxy) is 2. The molecule has 2 amide bonds. The standard InChI is InChI=1S/C29H37N5O3/c1-18(2)25-16-33(12-13-34(25)28(35)31-20-8-10-21(36-5)11-9-20)27-23(15-30)22-14-29(3,4)37-17-24(22)26(32-27)19-6-7-19/h8-11,18-19,25H,6-7,12-14,16-17H2,1-5H3,(H,31,35). The van der Waals surface area contributed by atoms with Crippen molar-refractivity contribution in [2.45, 2.75) is 71.1 Å². The summed E-state index contributed by atoms with van der Waals surface area (Å²) in [5, 5.41) is 13.3. The number of amides is 2. The number of anilines is 2. The van der Waals surface area contributed by atoms with Gasteiger partial charge in [-0.3, -0.25) is 0 Å². The van der Waals surface area contributed by atoms with E-state index < -0.39 is 0 Å². The molecule has 1 atom stereocenters. The van der Waals surface area contributed by atoms with E-state index in [2.05, 4.69) is 44.0 Å². The average molecular weight is 504 g/mol. The molecule has 0 bridgehead atoms. The molecule has 196 valence electrons. The number of nitriles is 1. The summed E-state index contributed by atoms with van der Waals surface area (Å²) < 4.78 is 11.3. The van der Waals surface area contributed by atoms with Crippen molar-refractivity contribution >= 4 is 17.5 Å². The number of benzene rings is 1. The predicted octanol–water partition coefficient (Wildman–Crippen LogP) is 5.07. The average Bonchev–Trinajstić information content (AvgIpc) is 3.72. The number of hydrogen-bond donors (Lipinski definition) is 1. The van der Waals surface area contributed by atoms with Gasteiger partial charge in [0, 0.05) is 43.2 Å². The van der Waals surface area contributed by atoms with Crippen LogP contribution in [0.2, 0.25) is 0 Å². The Bertz CT molecular complexity index is 1210. The Morgan fingerprint density at radius 1 is 1.22 bits per heavy atom. The van der Waals surface area contributed by atoms with Crippen LogP contribution < -0.4 is 15.0 Å². The van der Waals surface area contributed by atoms with E-state index in [0.717, 1.165) is 46.9 Å². The van der Waals surface area contributed by atoms with Crippen LogP contribution in [0.15, 0.2) is 24.3 Å². The fourth-order valence-electron chi connectivity index (χ4n) is 5.51. The quantitative estimate of drug-likeness (QED) is 0.613. The molecule has 1 unspecified atom stereocenters. The first-order chi connectivity index (χ1) is 17.7. The second-order valence-electron chi connectivity index (χ2n) is 11.4. The number of aromatic nitrogens is 1. The Labute approximate surface area is 219 Å². The van der Waals surface area contributed by atoms with Crippen molar-refractivity contribution in [2.24, 2.45) is 5.92 Å². The van der Waals surface area contributed by atoms with Gasteiger partial charge in [-0.25, -0.2) is 9.78 Å². The number of carbonyl (C=O) groups is 1. The minimum atomic E-state index is -0.309. The van der Waals surface area contributed by atoms with Gasteiger partial charge in [-0.05, 0) is 62.4 Å². The number of nitrogens with zero attached hydrogens (tertiary/aromatic N) is 4. The first-order valence-electron chi connectivity index (χ1n) is 13.3. The highest BCUT2D eigenvalue weighted by Gasteiger charge is 2.39. The van der Waals surface area contributed by atoms with Gasteiger partial charge in [-0.1, -0.05) is 13.8 Å². The van der Waals surface area contributed by atoms with E-state index >= 15 is 0 Å². The summed E-state index contributed by atoms with van der Waals surface area (Å²) >= 11 is 0. The minimum Gasteiger partial charge on any atom is -0.497 e. The van der Waals surface area contributed by atoms with Crippen molar-refractivity contribution < 1.29 is 14.3 Å². The smallest absolute Gasteiger partial charge is 0.322 e. The molecule has 2 fully saturated rings. The van der Waals surface area contributed by atoms with Gasteiger partial charge >= 0.3 is 6.03 Å². The Morgan fingerprint density at radius 2 is 1.95 bits per heavy atom. The fraction of sp³-hybridized carbons (Fsp3) is 0.552. The normalized spacial score (nSPS) is 20.8. The van der Waals surface area contributed by atoms with E-state index in [4.69, 9.17) is 14.5 Å². The van der Waals surface area contributed by atoms with Crippen LogP contribution in [0, 0.1) is 17.2 Å². The van der Waals surface area contributed by atoms with Crippen LogP contribution in [0.25, 0.3) is 0 Å². The summed E-state index contributed by atoms with van der Waals surface area (Å²) in [5.41, 5.74) is 4.44. The highest BCUT2D eigenvalue weighted by Crippen LogP contribution is 2.46. The van der Waals surface area contributed by atoms with E-state index in [0.29, 0.717) is 44.1 Å². The number of hydrogen-bond acceptors (Lipinski definition) is 6. The molecule has 8 nitrogen and oxygen atoms in total. The van der Waals surface area contributed by atoms with Crippen LogP contribution in [-0.2, 0) is 17.8 Å². The Kier molecular flexibility index (Phi) is 6.76. The number of piperazine rings is 1. The summed E-state index contributed by atoms with van der Waals surface area (Å²) in [6, 6.07) is 9.74. The Hall–Kier alpha value is -3.31. The fourth-order valence-corrected chi connectivity index (χ4v) is 5.51. The molecule has 3 aliphatic rings. The molecule has 1 aliphatic carbocycles. The number of urea groups is 1. The zero-order valence-electron chi connectivity index (χ0n) is 22.5. The van der Waals surface area contributed by atoms with Crippen molar-refractivity contribution in [2.75, 3.05) is 37.0 Å². The van der Waals surface area contributed by atoms with Gasteiger partial charge in [0.1, 0.15) is 17.6 Å². The van der Waals surface area contributed by atoms with E-state index in [1.54, 1.807) is 7.11 Å². The summed E-state index contributed by atoms with van der Waals surface area (Å²) in [6.45, 7) is 10.8. The van der Waals surface area contributed by atoms with Crippen LogP contribution in [0.3, 0.4) is 0 Å². The maximum Gasteiger partial charge on any atom is 0.322 e. The Morgan fingerprint density at radius 3 is 2.57 bits per heavy atom. The number of carbonyl (C=O) groups excluding carboxylic acids is 1. The molecule has 1 saturated carbocycles. The largest absolute Gasteiger partial charge is 0.497 e. The third-order valence-electron chi connectivity index (χ3n) is 7.80. The third kappa shape index (κ3) is 5.10. The number of nitrogens with one attached hydrogen (secondary N) is 1. The number of fused-ring (bicyclic) bond motifs is 1. The molecule has 1 saturated heterocycles. The molecule has 2 aliphatic heterocycles. The number of rotatable bonds is 5. The van der Waals surface area contributed by atoms with Gasteiger partial charge in [0.2, 0.25) is 0 Å². The van der Waals surface area contributed by atoms with E-state index in [-0.39, 0.29) is 23.6 Å². The lowest BCUT2D eigenvalue weighted by molar-refractivity contribution is -0.0407. The molecular weight excluding hydrogens is 466 g/mol. The number of methoxy groups -OCH3 is 1. The van der Waals surface area contributed by atoms with Gasteiger partial charge in [0.05, 0.1) is 36.6 Å². The predicted molar refractivity (Wildman–Crippen MR) is 143 cm³/mol. The lowest BCUT2D eigenvalue weighted by Crippen LogP contribution is -2.58. The lowest BCUT2D eigenvalue weighted by Gasteiger charge is -2.44. The summed E-state index contributed by atoms with van der Waals surface area (Å²) in [4.78, 5) is 22.6. The summed E-state index contributed by atoms with van der Waals surface area (Å²) in [6.07, 6.45) is 2.99. The molecule has 5 rings (SSSR count). The van der Waals surface area contributed by atoms with Crippen molar-refractivity contribution in [1.29, 1.82) is 5.26 Å². The van der Waals surface area contributed by atoms with Crippen molar-refractivity contribution in [3.8, 4) is 11.8 Å². The SMILES string of the molecule is COc1ccc(NC(=O)N2CCN(c3nc(C4CC4)c4c(c3C#N)CC(C)(C)OC4)CC2C(C)C)cc1. The molecule has 1 aromatic carbocycles. The highest BCUT2D eigenvalue weighted by molar-refractivity contribution is 5.90. The Balaban J connectivity index is 1.42. The van der Waals surface area contributed by atoms with Gasteiger partial charge in [0.25, 0.3) is 0 Å². The van der Waals surface area contributed by atoms with Crippen molar-refractivity contribution in [1.82, 2.24) is 9.88 Å². The third-order valence-corrected chi connectivity index (χ3v) is 7.80. The maximum absolute atomic E-state index is 13.3. The second kappa shape index (κ2) is 9.86. The van der Waals surface area contributed by atoms with Crippen LogP contribution >= 0.6 is 0 Å². The van der Waals surface area contributed by atoms with E-state index in [1.165, 1.54) is 0 Å². The first-order valence-corrected chi connectivity index (χ1v) is 13.3. The molecule has 2 aromatic rings. The van der Waals surface area contributed by atoms with Crippen LogP contribution in [-0.4, -0.2) is 54.3 Å². The van der Waals surface area contributed by atoms with Crippen LogP contribution in [0.5, 0.6) is 5.75 Å². The van der Waals surface area contributed by atoms with Gasteiger partial charge < -0.3 is 24.6 Å². The molecular formula is C29H37N5O3. The summed E-state index contributed by atoms with van der Waals surface area (Å²) in [5.74, 6) is 2.23. The molecule has 8 heteroatoms. The zero-order valence-corrected chi connectivity index (χ0v) is 22.5. The molecule has 37 heavy (non-hydrogen) atoms. The first kappa shape index (κ1) is 25.3. The molecule has 3 heterocycles. The maximum atomic E-state index is 13.3. The second-order valence-corrected chi connectivity index (χ2v) is 11.4. The van der Waals surface area contributed by atoms with Crippen LogP contribution in [0.4, 0.5) is 16.3 Å². The topological polar surface area (TPSA) is 90.7 Å². The number of pyridine rings is 1. The molecule has 0 spiro atoms. The summed E-state index contributed by atoms with van der Waals surface area (Å²) in [7, 11) is 1.62. The zero-order chi connectivity index (χ0) is 26.3. The van der Waals surface area contributed by atoms with Crippen molar-refractivity contribution in [3.63, 3.8) is 0 Å². The van der Waals surface area contributed by atoms with Crippen molar-refractivity contribution in [3.05, 3.63) is 46.6 Å². The molecule has 0 radical (unpaired) electrons. The van der Waals surface area contributed by atoms with Gasteiger partial charge in [-0.15, -0.1) is 0 Å². The molecule has 1 aromatic heterocycles. The monoisotopic (exact) mass is 503 g/mol. The van der Waals surface area contributed by atoms with Gasteiger partial charge in [0.15, 0.2) is 0 Å². The van der Waals surface area contributed by atoms with E-state index in [9.17, 15) is 10.1 Å². The minimum absolute atomic E-state index is 0.0134. The van der Waals surface area contributed by atoms with E-state index in [1.807, 2.05) is 29.2 Å². The molecule has 1 N–H and O–H groups in total. The highest BCUT2D eigenvalue weighted by atomic mass is 16.5. The van der Waals surface area contributed by atoms with Gasteiger partial charge in [-0.2, -0.15) is 5.26 Å².